The fourth-order valence-corrected chi connectivity index (χ4v) is 1.93. The minimum Gasteiger partial charge on any atom is -0.397 e. The lowest BCUT2D eigenvalue weighted by molar-refractivity contribution is 0.223. The SMILES string of the molecule is Cc1cc(NC(C)(CO)c2ccccc2)ncc1N. The van der Waals surface area contributed by atoms with Crippen LogP contribution in [0.1, 0.15) is 18.1 Å². The number of pyridine rings is 1. The molecule has 0 spiro atoms. The highest BCUT2D eigenvalue weighted by atomic mass is 16.3. The van der Waals surface area contributed by atoms with E-state index in [4.69, 9.17) is 5.73 Å². The quantitative estimate of drug-likeness (QED) is 0.786. The summed E-state index contributed by atoms with van der Waals surface area (Å²) in [5.41, 5.74) is 7.82. The van der Waals surface area contributed by atoms with Crippen molar-refractivity contribution in [3.63, 3.8) is 0 Å². The van der Waals surface area contributed by atoms with Crippen LogP contribution in [0.2, 0.25) is 0 Å². The summed E-state index contributed by atoms with van der Waals surface area (Å²) in [6.45, 7) is 3.85. The van der Waals surface area contributed by atoms with Gasteiger partial charge in [-0.15, -0.1) is 0 Å². The Morgan fingerprint density at radius 2 is 2.00 bits per heavy atom. The highest BCUT2D eigenvalue weighted by Crippen LogP contribution is 2.25. The van der Waals surface area contributed by atoms with Gasteiger partial charge in [0.2, 0.25) is 0 Å². The summed E-state index contributed by atoms with van der Waals surface area (Å²) in [5.74, 6) is 0.701. The van der Waals surface area contributed by atoms with Crippen LogP contribution in [0.5, 0.6) is 0 Å². The molecular formula is C15H19N3O. The highest BCUT2D eigenvalue weighted by Gasteiger charge is 2.25. The fourth-order valence-electron chi connectivity index (χ4n) is 1.93. The number of hydrogen-bond acceptors (Lipinski definition) is 4. The number of benzene rings is 1. The van der Waals surface area contributed by atoms with Crippen LogP contribution in [-0.2, 0) is 5.54 Å². The predicted molar refractivity (Wildman–Crippen MR) is 77.9 cm³/mol. The third-order valence-electron chi connectivity index (χ3n) is 3.28. The van der Waals surface area contributed by atoms with Crippen molar-refractivity contribution >= 4 is 11.5 Å². The van der Waals surface area contributed by atoms with Crippen LogP contribution in [0.3, 0.4) is 0 Å². The molecule has 19 heavy (non-hydrogen) atoms. The lowest BCUT2D eigenvalue weighted by Gasteiger charge is -2.30. The zero-order chi connectivity index (χ0) is 13.9. The molecule has 0 fully saturated rings. The summed E-state index contributed by atoms with van der Waals surface area (Å²) in [5, 5.41) is 13.0. The second-order valence-electron chi connectivity index (χ2n) is 4.91. The Balaban J connectivity index is 2.30. The average Bonchev–Trinajstić information content (AvgIpc) is 2.44. The molecule has 0 bridgehead atoms. The molecule has 0 radical (unpaired) electrons. The van der Waals surface area contributed by atoms with Gasteiger partial charge in [-0.3, -0.25) is 0 Å². The number of aryl methyl sites for hydroxylation is 1. The Kier molecular flexibility index (Phi) is 3.71. The summed E-state index contributed by atoms with van der Waals surface area (Å²) in [7, 11) is 0. The number of anilines is 2. The van der Waals surface area contributed by atoms with E-state index in [-0.39, 0.29) is 6.61 Å². The molecule has 4 N–H and O–H groups in total. The van der Waals surface area contributed by atoms with Crippen molar-refractivity contribution in [2.75, 3.05) is 17.7 Å². The van der Waals surface area contributed by atoms with Crippen LogP contribution < -0.4 is 11.1 Å². The lowest BCUT2D eigenvalue weighted by Crippen LogP contribution is -2.36. The number of hydrogen-bond donors (Lipinski definition) is 3. The molecule has 0 aliphatic carbocycles. The van der Waals surface area contributed by atoms with Crippen molar-refractivity contribution in [1.29, 1.82) is 0 Å². The zero-order valence-electron chi connectivity index (χ0n) is 11.2. The first kappa shape index (κ1) is 13.4. The summed E-state index contributed by atoms with van der Waals surface area (Å²) in [6.07, 6.45) is 1.63. The van der Waals surface area contributed by atoms with E-state index >= 15 is 0 Å². The van der Waals surface area contributed by atoms with Gasteiger partial charge in [0, 0.05) is 0 Å². The highest BCUT2D eigenvalue weighted by molar-refractivity contribution is 5.52. The molecule has 2 rings (SSSR count). The molecule has 0 amide bonds. The van der Waals surface area contributed by atoms with Crippen molar-refractivity contribution in [2.24, 2.45) is 0 Å². The van der Waals surface area contributed by atoms with Crippen LogP contribution >= 0.6 is 0 Å². The number of nitrogens with one attached hydrogen (secondary N) is 1. The maximum Gasteiger partial charge on any atom is 0.127 e. The number of aromatic nitrogens is 1. The molecule has 0 saturated carbocycles. The number of nitrogen functional groups attached to an aromatic ring is 1. The first-order valence-electron chi connectivity index (χ1n) is 6.22. The number of nitrogens with zero attached hydrogens (tertiary/aromatic N) is 1. The van der Waals surface area contributed by atoms with Gasteiger partial charge in [-0.05, 0) is 31.0 Å². The molecule has 0 aliphatic rings. The molecule has 4 heteroatoms. The predicted octanol–water partition coefficient (Wildman–Crippen LogP) is 2.29. The first-order chi connectivity index (χ1) is 9.05. The molecule has 2 aromatic rings. The largest absolute Gasteiger partial charge is 0.397 e. The van der Waals surface area contributed by atoms with Gasteiger partial charge in [-0.1, -0.05) is 30.3 Å². The second kappa shape index (κ2) is 5.28. The zero-order valence-corrected chi connectivity index (χ0v) is 11.2. The maximum absolute atomic E-state index is 9.71. The van der Waals surface area contributed by atoms with E-state index in [1.807, 2.05) is 50.2 Å². The van der Waals surface area contributed by atoms with Crippen LogP contribution in [-0.4, -0.2) is 16.7 Å². The smallest absolute Gasteiger partial charge is 0.127 e. The van der Waals surface area contributed by atoms with E-state index < -0.39 is 5.54 Å². The lowest BCUT2D eigenvalue weighted by atomic mass is 9.93. The summed E-state index contributed by atoms with van der Waals surface area (Å²) in [4.78, 5) is 4.25. The van der Waals surface area contributed by atoms with Gasteiger partial charge in [0.05, 0.1) is 24.0 Å². The van der Waals surface area contributed by atoms with Gasteiger partial charge >= 0.3 is 0 Å². The molecule has 1 unspecified atom stereocenters. The molecule has 1 atom stereocenters. The number of aliphatic hydroxyl groups is 1. The third-order valence-corrected chi connectivity index (χ3v) is 3.28. The van der Waals surface area contributed by atoms with Gasteiger partial charge in [0.15, 0.2) is 0 Å². The van der Waals surface area contributed by atoms with E-state index in [2.05, 4.69) is 10.3 Å². The summed E-state index contributed by atoms with van der Waals surface area (Å²) in [6, 6.07) is 11.7. The fraction of sp³-hybridized carbons (Fsp3) is 0.267. The summed E-state index contributed by atoms with van der Waals surface area (Å²) >= 11 is 0. The Hall–Kier alpha value is -2.07. The molecule has 100 valence electrons. The van der Waals surface area contributed by atoms with Crippen LogP contribution in [0.4, 0.5) is 11.5 Å². The van der Waals surface area contributed by atoms with E-state index in [0.717, 1.165) is 11.1 Å². The van der Waals surface area contributed by atoms with Crippen molar-refractivity contribution in [3.05, 3.63) is 53.7 Å². The average molecular weight is 257 g/mol. The van der Waals surface area contributed by atoms with Crippen molar-refractivity contribution in [2.45, 2.75) is 19.4 Å². The first-order valence-corrected chi connectivity index (χ1v) is 6.22. The Morgan fingerprint density at radius 3 is 2.58 bits per heavy atom. The molecule has 1 aromatic heterocycles. The maximum atomic E-state index is 9.71. The Labute approximate surface area is 113 Å². The van der Waals surface area contributed by atoms with Crippen LogP contribution in [0.25, 0.3) is 0 Å². The Morgan fingerprint density at radius 1 is 1.32 bits per heavy atom. The van der Waals surface area contributed by atoms with Crippen LogP contribution in [0.15, 0.2) is 42.6 Å². The standard InChI is InChI=1S/C15H19N3O/c1-11-8-14(17-9-13(11)16)18-15(2,10-19)12-6-4-3-5-7-12/h3-9,19H,10,16H2,1-2H3,(H,17,18). The molecule has 1 heterocycles. The normalized spacial score (nSPS) is 13.8. The van der Waals surface area contributed by atoms with Gasteiger partial charge in [0.25, 0.3) is 0 Å². The van der Waals surface area contributed by atoms with Crippen LogP contribution in [0, 0.1) is 6.92 Å². The molecular weight excluding hydrogens is 238 g/mol. The van der Waals surface area contributed by atoms with E-state index in [1.165, 1.54) is 0 Å². The second-order valence-corrected chi connectivity index (χ2v) is 4.91. The summed E-state index contributed by atoms with van der Waals surface area (Å²) < 4.78 is 0. The van der Waals surface area contributed by atoms with Gasteiger partial charge in [-0.2, -0.15) is 0 Å². The van der Waals surface area contributed by atoms with Gasteiger partial charge < -0.3 is 16.2 Å². The Bertz CT molecular complexity index is 557. The minimum absolute atomic E-state index is 0.0257. The number of rotatable bonds is 4. The molecule has 0 saturated heterocycles. The molecule has 1 aromatic carbocycles. The number of nitrogens with two attached hydrogens (primary N) is 1. The monoisotopic (exact) mass is 257 g/mol. The third kappa shape index (κ3) is 2.85. The van der Waals surface area contributed by atoms with E-state index in [9.17, 15) is 5.11 Å². The molecule has 0 aliphatic heterocycles. The van der Waals surface area contributed by atoms with Gasteiger partial charge in [-0.25, -0.2) is 4.98 Å². The topological polar surface area (TPSA) is 71.2 Å². The number of aliphatic hydroxyl groups excluding tert-OH is 1. The van der Waals surface area contributed by atoms with Crippen molar-refractivity contribution in [1.82, 2.24) is 4.98 Å². The van der Waals surface area contributed by atoms with E-state index in [0.29, 0.717) is 11.5 Å². The molecule has 4 nitrogen and oxygen atoms in total. The van der Waals surface area contributed by atoms with Gasteiger partial charge in [0.1, 0.15) is 5.82 Å². The minimum atomic E-state index is -0.573. The van der Waals surface area contributed by atoms with E-state index in [1.54, 1.807) is 6.20 Å². The van der Waals surface area contributed by atoms with Crippen molar-refractivity contribution in [3.8, 4) is 0 Å². The van der Waals surface area contributed by atoms with Crippen molar-refractivity contribution < 1.29 is 5.11 Å².